The number of rotatable bonds is 2. The molecule has 21 heavy (non-hydrogen) atoms. The number of ether oxygens (including phenoxy) is 1. The van der Waals surface area contributed by atoms with Gasteiger partial charge in [0.15, 0.2) is 0 Å². The molecule has 0 aromatic carbocycles. The van der Waals surface area contributed by atoms with E-state index in [4.69, 9.17) is 4.74 Å². The molecular formula is C15H18N2O3S. The minimum Gasteiger partial charge on any atom is -0.459 e. The fourth-order valence-corrected chi connectivity index (χ4v) is 3.86. The van der Waals surface area contributed by atoms with Gasteiger partial charge in [0.1, 0.15) is 17.0 Å². The largest absolute Gasteiger partial charge is 0.459 e. The Morgan fingerprint density at radius 1 is 1.43 bits per heavy atom. The molecule has 0 fully saturated rings. The smallest absolute Gasteiger partial charge is 0.326 e. The predicted octanol–water partition coefficient (Wildman–Crippen LogP) is 2.29. The van der Waals surface area contributed by atoms with Crippen molar-refractivity contribution in [3.05, 3.63) is 27.1 Å². The Hall–Kier alpha value is -1.69. The molecule has 3 rings (SSSR count). The van der Waals surface area contributed by atoms with Gasteiger partial charge in [0.2, 0.25) is 0 Å². The minimum absolute atomic E-state index is 0.0936. The number of carbonyl (C=O) groups is 1. The Morgan fingerprint density at radius 2 is 2.19 bits per heavy atom. The molecule has 0 unspecified atom stereocenters. The van der Waals surface area contributed by atoms with Gasteiger partial charge in [-0.05, 0) is 45.6 Å². The summed E-state index contributed by atoms with van der Waals surface area (Å²) in [6, 6.07) is 0. The van der Waals surface area contributed by atoms with Crippen LogP contribution in [0.25, 0.3) is 10.2 Å². The molecule has 0 bridgehead atoms. The van der Waals surface area contributed by atoms with Crippen LogP contribution in [0.4, 0.5) is 0 Å². The lowest BCUT2D eigenvalue weighted by molar-refractivity contribution is -0.155. The summed E-state index contributed by atoms with van der Waals surface area (Å²) in [6.07, 6.45) is 4.50. The lowest BCUT2D eigenvalue weighted by atomic mass is 10.2. The molecule has 0 saturated carbocycles. The van der Waals surface area contributed by atoms with E-state index in [2.05, 4.69) is 4.98 Å². The summed E-state index contributed by atoms with van der Waals surface area (Å²) in [5.74, 6) is -0.419. The quantitative estimate of drug-likeness (QED) is 0.799. The molecule has 2 heterocycles. The van der Waals surface area contributed by atoms with E-state index >= 15 is 0 Å². The molecule has 6 heteroatoms. The second kappa shape index (κ2) is 4.94. The number of aromatic nitrogens is 2. The van der Waals surface area contributed by atoms with Gasteiger partial charge in [-0.3, -0.25) is 14.2 Å². The van der Waals surface area contributed by atoms with Gasteiger partial charge in [-0.15, -0.1) is 11.3 Å². The molecule has 0 spiro atoms. The molecule has 112 valence electrons. The third-order valence-corrected chi connectivity index (χ3v) is 4.61. The number of hydrogen-bond donors (Lipinski definition) is 0. The molecule has 0 saturated heterocycles. The van der Waals surface area contributed by atoms with Crippen LogP contribution in [0.15, 0.2) is 11.1 Å². The summed E-state index contributed by atoms with van der Waals surface area (Å²) in [7, 11) is 0. The number of carbonyl (C=O) groups excluding carboxylic acids is 1. The Kier molecular flexibility index (Phi) is 3.36. The molecular weight excluding hydrogens is 288 g/mol. The van der Waals surface area contributed by atoms with E-state index in [0.29, 0.717) is 5.39 Å². The molecule has 1 aliphatic carbocycles. The lowest BCUT2D eigenvalue weighted by Crippen LogP contribution is -2.30. The first kappa shape index (κ1) is 14.3. The predicted molar refractivity (Wildman–Crippen MR) is 81.8 cm³/mol. The van der Waals surface area contributed by atoms with Gasteiger partial charge in [0.25, 0.3) is 5.56 Å². The zero-order valence-corrected chi connectivity index (χ0v) is 13.2. The Bertz CT molecular complexity index is 768. The van der Waals surface area contributed by atoms with Crippen molar-refractivity contribution < 1.29 is 9.53 Å². The normalized spacial score (nSPS) is 14.4. The van der Waals surface area contributed by atoms with Crippen molar-refractivity contribution in [2.75, 3.05) is 0 Å². The average molecular weight is 306 g/mol. The van der Waals surface area contributed by atoms with Crippen molar-refractivity contribution in [3.8, 4) is 0 Å². The van der Waals surface area contributed by atoms with Gasteiger partial charge in [-0.2, -0.15) is 0 Å². The van der Waals surface area contributed by atoms with E-state index in [0.717, 1.165) is 29.7 Å². The number of fused-ring (bicyclic) bond motifs is 3. The second-order valence-corrected chi connectivity index (χ2v) is 7.39. The van der Waals surface area contributed by atoms with E-state index in [1.807, 2.05) is 0 Å². The van der Waals surface area contributed by atoms with Gasteiger partial charge in [-0.25, -0.2) is 4.98 Å². The van der Waals surface area contributed by atoms with Crippen LogP contribution in [0.2, 0.25) is 0 Å². The van der Waals surface area contributed by atoms with Crippen LogP contribution in [0.3, 0.4) is 0 Å². The number of thiophene rings is 1. The Balaban J connectivity index is 1.95. The molecule has 5 nitrogen and oxygen atoms in total. The van der Waals surface area contributed by atoms with Crippen molar-refractivity contribution in [1.82, 2.24) is 9.55 Å². The second-order valence-electron chi connectivity index (χ2n) is 6.30. The number of hydrogen-bond acceptors (Lipinski definition) is 5. The van der Waals surface area contributed by atoms with Crippen LogP contribution in [-0.2, 0) is 28.9 Å². The van der Waals surface area contributed by atoms with E-state index < -0.39 is 11.6 Å². The molecule has 2 aromatic heterocycles. The first-order valence-corrected chi connectivity index (χ1v) is 7.88. The van der Waals surface area contributed by atoms with Crippen LogP contribution < -0.4 is 5.56 Å². The van der Waals surface area contributed by atoms with Crippen LogP contribution in [0.1, 0.15) is 37.6 Å². The number of esters is 1. The van der Waals surface area contributed by atoms with Crippen LogP contribution >= 0.6 is 11.3 Å². The number of aryl methyl sites for hydroxylation is 2. The average Bonchev–Trinajstić information content (AvgIpc) is 2.90. The highest BCUT2D eigenvalue weighted by Gasteiger charge is 2.22. The van der Waals surface area contributed by atoms with Gasteiger partial charge in [0, 0.05) is 4.88 Å². The maximum absolute atomic E-state index is 12.6. The van der Waals surface area contributed by atoms with Gasteiger partial charge in [-0.1, -0.05) is 0 Å². The molecule has 1 aliphatic rings. The van der Waals surface area contributed by atoms with Gasteiger partial charge >= 0.3 is 5.97 Å². The van der Waals surface area contributed by atoms with Crippen LogP contribution in [0.5, 0.6) is 0 Å². The summed E-state index contributed by atoms with van der Waals surface area (Å²) in [5, 5.41) is 0.693. The molecule has 2 aromatic rings. The third kappa shape index (κ3) is 2.72. The van der Waals surface area contributed by atoms with E-state index in [9.17, 15) is 9.59 Å². The SMILES string of the molecule is CC(C)(C)OC(=O)Cn1cnc2sc3c(c2c1=O)CCC3. The maximum Gasteiger partial charge on any atom is 0.326 e. The summed E-state index contributed by atoms with van der Waals surface area (Å²) in [4.78, 5) is 30.8. The highest BCUT2D eigenvalue weighted by molar-refractivity contribution is 7.18. The molecule has 0 radical (unpaired) electrons. The molecule has 0 aliphatic heterocycles. The summed E-state index contributed by atoms with van der Waals surface area (Å²) < 4.78 is 6.61. The zero-order chi connectivity index (χ0) is 15.2. The molecule has 0 atom stereocenters. The minimum atomic E-state index is -0.554. The van der Waals surface area contributed by atoms with Crippen molar-refractivity contribution in [3.63, 3.8) is 0 Å². The fraction of sp³-hybridized carbons (Fsp3) is 0.533. The summed E-state index contributed by atoms with van der Waals surface area (Å²) >= 11 is 1.60. The Labute approximate surface area is 126 Å². The van der Waals surface area contributed by atoms with Crippen molar-refractivity contribution in [2.45, 2.75) is 52.2 Å². The molecule has 0 amide bonds. The highest BCUT2D eigenvalue weighted by atomic mass is 32.1. The molecule has 0 N–H and O–H groups in total. The number of nitrogens with zero attached hydrogens (tertiary/aromatic N) is 2. The van der Waals surface area contributed by atoms with Crippen molar-refractivity contribution in [1.29, 1.82) is 0 Å². The standard InChI is InChI=1S/C15H18N2O3S/c1-15(2,3)20-11(18)7-17-8-16-13-12(14(17)19)9-5-4-6-10(9)21-13/h8H,4-7H2,1-3H3. The van der Waals surface area contributed by atoms with E-state index in [1.165, 1.54) is 15.8 Å². The lowest BCUT2D eigenvalue weighted by Gasteiger charge is -2.19. The van der Waals surface area contributed by atoms with Gasteiger partial charge < -0.3 is 4.74 Å². The topological polar surface area (TPSA) is 61.2 Å². The van der Waals surface area contributed by atoms with Crippen LogP contribution in [0, 0.1) is 0 Å². The third-order valence-electron chi connectivity index (χ3n) is 3.41. The maximum atomic E-state index is 12.6. The van der Waals surface area contributed by atoms with E-state index in [-0.39, 0.29) is 12.1 Å². The first-order chi connectivity index (χ1) is 9.85. The zero-order valence-electron chi connectivity index (χ0n) is 12.4. The Morgan fingerprint density at radius 3 is 2.90 bits per heavy atom. The van der Waals surface area contributed by atoms with Crippen LogP contribution in [-0.4, -0.2) is 21.1 Å². The first-order valence-electron chi connectivity index (χ1n) is 7.07. The van der Waals surface area contributed by atoms with Crippen molar-refractivity contribution >= 4 is 27.5 Å². The summed E-state index contributed by atoms with van der Waals surface area (Å²) in [6.45, 7) is 5.33. The monoisotopic (exact) mass is 306 g/mol. The highest BCUT2D eigenvalue weighted by Crippen LogP contribution is 2.34. The summed E-state index contributed by atoms with van der Waals surface area (Å²) in [5.41, 5.74) is 0.443. The van der Waals surface area contributed by atoms with E-state index in [1.54, 1.807) is 32.1 Å². The fourth-order valence-electron chi connectivity index (χ4n) is 2.65. The van der Waals surface area contributed by atoms with Gasteiger partial charge in [0.05, 0.1) is 11.7 Å². The van der Waals surface area contributed by atoms with Crippen molar-refractivity contribution in [2.24, 2.45) is 0 Å².